The molecule has 1 radical (unpaired) electrons. The zero-order valence-corrected chi connectivity index (χ0v) is 13.6. The summed E-state index contributed by atoms with van der Waals surface area (Å²) < 4.78 is 0. The number of hydrogen-bond donors (Lipinski definition) is 2. The molecule has 0 amide bonds. The van der Waals surface area contributed by atoms with Crippen LogP contribution in [0.3, 0.4) is 0 Å². The van der Waals surface area contributed by atoms with E-state index in [4.69, 9.17) is 0 Å². The van der Waals surface area contributed by atoms with E-state index in [1.165, 1.54) is 0 Å². The minimum Gasteiger partial charge on any atom is -0.344 e. The summed E-state index contributed by atoms with van der Waals surface area (Å²) in [5.41, 5.74) is 4.49. The van der Waals surface area contributed by atoms with Gasteiger partial charge < -0.3 is 9.79 Å². The van der Waals surface area contributed by atoms with Crippen LogP contribution in [0.25, 0.3) is 11.1 Å². The largest absolute Gasteiger partial charge is 0.344 e. The van der Waals surface area contributed by atoms with Gasteiger partial charge in [-0.05, 0) is 48.6 Å². The predicted octanol–water partition coefficient (Wildman–Crippen LogP) is 3.33. The van der Waals surface area contributed by atoms with Gasteiger partial charge in [0, 0.05) is 24.4 Å². The van der Waals surface area contributed by atoms with Crippen molar-refractivity contribution in [3.63, 3.8) is 0 Å². The van der Waals surface area contributed by atoms with Gasteiger partial charge >= 0.3 is 0 Å². The summed E-state index contributed by atoms with van der Waals surface area (Å²) >= 11 is 0. The van der Waals surface area contributed by atoms with Gasteiger partial charge in [0.25, 0.3) is 0 Å². The molecule has 3 nitrogen and oxygen atoms in total. The maximum Gasteiger partial charge on any atom is 0.243 e. The van der Waals surface area contributed by atoms with E-state index in [2.05, 4.69) is 0 Å². The Kier molecular flexibility index (Phi) is 6.35. The van der Waals surface area contributed by atoms with Crippen molar-refractivity contribution in [1.82, 2.24) is 0 Å². The molecule has 0 spiro atoms. The molecule has 0 saturated heterocycles. The summed E-state index contributed by atoms with van der Waals surface area (Å²) in [6.45, 7) is 5.67. The molecule has 105 valence electrons. The Hall–Kier alpha value is -0.943. The average molecular weight is 295 g/mol. The smallest absolute Gasteiger partial charge is 0.243 e. The second-order valence-electron chi connectivity index (χ2n) is 4.85. The number of hydrogen-bond acceptors (Lipinski definition) is 3. The summed E-state index contributed by atoms with van der Waals surface area (Å²) in [5.74, 6) is 0. The van der Waals surface area contributed by atoms with Crippen molar-refractivity contribution in [3.8, 4) is 11.1 Å². The normalized spacial score (nSPS) is 10.4. The monoisotopic (exact) mass is 295 g/mol. The van der Waals surface area contributed by atoms with Gasteiger partial charge in [0.05, 0.1) is 0 Å². The van der Waals surface area contributed by atoms with Crippen LogP contribution in [0.1, 0.15) is 27.0 Å². The van der Waals surface area contributed by atoms with Gasteiger partial charge in [-0.15, -0.1) is 0 Å². The van der Waals surface area contributed by atoms with Crippen LogP contribution in [0.5, 0.6) is 0 Å². The van der Waals surface area contributed by atoms with E-state index in [0.29, 0.717) is 5.56 Å². The van der Waals surface area contributed by atoms with Crippen LogP contribution in [0, 0.1) is 20.8 Å². The Morgan fingerprint density at radius 2 is 1.57 bits per heavy atom. The van der Waals surface area contributed by atoms with Crippen molar-refractivity contribution < 1.29 is 14.6 Å². The minimum absolute atomic E-state index is 0. The fraction of sp³-hybridized carbons (Fsp3) is 0.188. The van der Waals surface area contributed by atoms with Gasteiger partial charge in [-0.2, -0.15) is 0 Å². The van der Waals surface area contributed by atoms with Gasteiger partial charge in [-0.3, -0.25) is 4.79 Å². The molecule has 0 aliphatic carbocycles. The minimum atomic E-state index is -2.60. The molecule has 2 aromatic carbocycles. The third-order valence-electron chi connectivity index (χ3n) is 3.43. The number of benzene rings is 2. The summed E-state index contributed by atoms with van der Waals surface area (Å²) in [5, 5.41) is 0. The van der Waals surface area contributed by atoms with E-state index in [0.717, 1.165) is 27.8 Å². The van der Waals surface area contributed by atoms with Crippen molar-refractivity contribution >= 4 is 32.8 Å². The summed E-state index contributed by atoms with van der Waals surface area (Å²) in [7, 11) is -2.60. The molecular formula is C16H17LiO3P. The molecule has 21 heavy (non-hydrogen) atoms. The molecule has 0 fully saturated rings. The van der Waals surface area contributed by atoms with Crippen LogP contribution >= 0.6 is 8.38 Å². The molecule has 0 saturated carbocycles. The molecule has 0 aliphatic rings. The van der Waals surface area contributed by atoms with Crippen molar-refractivity contribution in [2.75, 3.05) is 0 Å². The first-order valence-corrected chi connectivity index (χ1v) is 7.56. The Labute approximate surface area is 138 Å². The maximum atomic E-state index is 12.0. The summed E-state index contributed by atoms with van der Waals surface area (Å²) in [4.78, 5) is 30.5. The topological polar surface area (TPSA) is 57.5 Å². The van der Waals surface area contributed by atoms with Crippen LogP contribution in [-0.2, 0) is 0 Å². The SMILES string of the molecule is Cc1cc(C)c(-c2ccccc2)c(C)c1C(=O)P(O)O.[Li]. The standard InChI is InChI=1S/C16H17O3P.Li/c1-10-9-11(2)15(16(17)20(18)19)12(3)14(10)13-7-5-4-6-8-13;/h4-9,18-19H,1-3H3;. The van der Waals surface area contributed by atoms with Crippen LogP contribution in [0.15, 0.2) is 36.4 Å². The first-order chi connectivity index (χ1) is 9.43. The number of rotatable bonds is 3. The van der Waals surface area contributed by atoms with Crippen molar-refractivity contribution in [1.29, 1.82) is 0 Å². The fourth-order valence-electron chi connectivity index (χ4n) is 2.66. The van der Waals surface area contributed by atoms with E-state index in [1.54, 1.807) is 0 Å². The first kappa shape index (κ1) is 18.1. The molecule has 0 heterocycles. The zero-order valence-electron chi connectivity index (χ0n) is 12.7. The van der Waals surface area contributed by atoms with E-state index in [9.17, 15) is 14.6 Å². The number of aryl methyl sites for hydroxylation is 2. The second-order valence-corrected chi connectivity index (χ2v) is 5.83. The summed E-state index contributed by atoms with van der Waals surface area (Å²) in [6, 6.07) is 11.7. The Morgan fingerprint density at radius 3 is 2.10 bits per heavy atom. The molecule has 2 N–H and O–H groups in total. The van der Waals surface area contributed by atoms with E-state index < -0.39 is 13.9 Å². The zero-order chi connectivity index (χ0) is 14.9. The molecule has 5 heteroatoms. The fourth-order valence-corrected chi connectivity index (χ4v) is 3.21. The van der Waals surface area contributed by atoms with E-state index in [1.807, 2.05) is 57.2 Å². The maximum absolute atomic E-state index is 12.0. The van der Waals surface area contributed by atoms with E-state index >= 15 is 0 Å². The predicted molar refractivity (Wildman–Crippen MR) is 87.5 cm³/mol. The molecule has 0 atom stereocenters. The molecule has 0 aliphatic heterocycles. The van der Waals surface area contributed by atoms with Crippen molar-refractivity contribution in [2.45, 2.75) is 20.8 Å². The van der Waals surface area contributed by atoms with Crippen LogP contribution < -0.4 is 0 Å². The average Bonchev–Trinajstić information content (AvgIpc) is 2.39. The van der Waals surface area contributed by atoms with Crippen molar-refractivity contribution in [3.05, 3.63) is 58.7 Å². The van der Waals surface area contributed by atoms with Crippen LogP contribution in [-0.4, -0.2) is 34.2 Å². The Balaban J connectivity index is 0.00000220. The number of carbonyl (C=O) groups excluding carboxylic acids is 1. The van der Waals surface area contributed by atoms with Gasteiger partial charge in [0.15, 0.2) is 0 Å². The van der Waals surface area contributed by atoms with Gasteiger partial charge in [-0.25, -0.2) is 0 Å². The molecule has 0 aromatic heterocycles. The van der Waals surface area contributed by atoms with Crippen molar-refractivity contribution in [2.24, 2.45) is 0 Å². The molecule has 0 bridgehead atoms. The number of carbonyl (C=O) groups is 1. The first-order valence-electron chi connectivity index (χ1n) is 6.32. The van der Waals surface area contributed by atoms with Crippen LogP contribution in [0.4, 0.5) is 0 Å². The molecule has 2 rings (SSSR count). The van der Waals surface area contributed by atoms with Crippen LogP contribution in [0.2, 0.25) is 0 Å². The Bertz CT molecular complexity index is 654. The second kappa shape index (κ2) is 7.36. The third-order valence-corrected chi connectivity index (χ3v) is 4.02. The third kappa shape index (κ3) is 3.63. The van der Waals surface area contributed by atoms with Gasteiger partial charge in [-0.1, -0.05) is 36.4 Å². The summed E-state index contributed by atoms with van der Waals surface area (Å²) in [6.07, 6.45) is 0. The van der Waals surface area contributed by atoms with Gasteiger partial charge in [0.1, 0.15) is 0 Å². The van der Waals surface area contributed by atoms with Gasteiger partial charge in [0.2, 0.25) is 13.9 Å². The molecular weight excluding hydrogens is 278 g/mol. The molecule has 0 unspecified atom stereocenters. The molecule has 2 aromatic rings. The Morgan fingerprint density at radius 1 is 1.00 bits per heavy atom. The quantitative estimate of drug-likeness (QED) is 0.674. The van der Waals surface area contributed by atoms with E-state index in [-0.39, 0.29) is 18.9 Å².